The second-order valence-corrected chi connectivity index (χ2v) is 6.53. The van der Waals surface area contributed by atoms with E-state index >= 15 is 0 Å². The lowest BCUT2D eigenvalue weighted by Gasteiger charge is -2.07. The topological polar surface area (TPSA) is 73.0 Å². The molecule has 0 unspecified atom stereocenters. The summed E-state index contributed by atoms with van der Waals surface area (Å²) in [6.07, 6.45) is 3.94. The lowest BCUT2D eigenvalue weighted by atomic mass is 10.3. The molecule has 0 aliphatic heterocycles. The highest BCUT2D eigenvalue weighted by molar-refractivity contribution is 7.99. The smallest absolute Gasteiger partial charge is 0.226 e. The molecule has 6 nitrogen and oxygen atoms in total. The Bertz CT molecular complexity index is 846. The highest BCUT2D eigenvalue weighted by Crippen LogP contribution is 2.23. The summed E-state index contributed by atoms with van der Waals surface area (Å²) in [7, 11) is 0. The highest BCUT2D eigenvalue weighted by Gasteiger charge is 2.09. The molecule has 2 heterocycles. The molecule has 0 aliphatic carbocycles. The van der Waals surface area contributed by atoms with Gasteiger partial charge in [0.1, 0.15) is 5.76 Å². The Kier molecular flexibility index (Phi) is 5.22. The fourth-order valence-corrected chi connectivity index (χ4v) is 3.18. The molecular formula is C16H15ClN4O2S. The second-order valence-electron chi connectivity index (χ2n) is 5.03. The number of thioether (sulfide) groups is 1. The predicted molar refractivity (Wildman–Crippen MR) is 93.8 cm³/mol. The van der Waals surface area contributed by atoms with Gasteiger partial charge in [0.05, 0.1) is 0 Å². The molecule has 0 fully saturated rings. The van der Waals surface area contributed by atoms with Crippen molar-refractivity contribution in [1.29, 1.82) is 0 Å². The van der Waals surface area contributed by atoms with Crippen LogP contribution in [0.4, 0.5) is 5.82 Å². The van der Waals surface area contributed by atoms with E-state index in [0.717, 1.165) is 10.8 Å². The van der Waals surface area contributed by atoms with Gasteiger partial charge < -0.3 is 9.84 Å². The summed E-state index contributed by atoms with van der Waals surface area (Å²) in [6.45, 7) is 1.77. The van der Waals surface area contributed by atoms with Crippen LogP contribution in [0.1, 0.15) is 12.2 Å². The van der Waals surface area contributed by atoms with E-state index in [1.54, 1.807) is 19.2 Å². The zero-order chi connectivity index (χ0) is 16.9. The van der Waals surface area contributed by atoms with Crippen molar-refractivity contribution in [3.05, 3.63) is 53.5 Å². The van der Waals surface area contributed by atoms with Gasteiger partial charge in [-0.15, -0.1) is 0 Å². The van der Waals surface area contributed by atoms with E-state index in [4.69, 9.17) is 16.1 Å². The molecule has 1 aromatic carbocycles. The summed E-state index contributed by atoms with van der Waals surface area (Å²) >= 11 is 7.53. The van der Waals surface area contributed by atoms with Crippen LogP contribution >= 0.6 is 23.4 Å². The molecule has 24 heavy (non-hydrogen) atoms. The monoisotopic (exact) mass is 362 g/mol. The number of anilines is 1. The third kappa shape index (κ3) is 4.18. The molecule has 8 heteroatoms. The number of rotatable bonds is 6. The summed E-state index contributed by atoms with van der Waals surface area (Å²) in [5, 5.41) is 7.90. The SMILES string of the molecule is Cc1cc(NC(=O)CCSc2nccn2-c2cccc(Cl)c2)no1. The molecule has 0 spiro atoms. The number of nitrogens with zero attached hydrogens (tertiary/aromatic N) is 3. The fraction of sp³-hybridized carbons (Fsp3) is 0.188. The summed E-state index contributed by atoms with van der Waals surface area (Å²) in [6, 6.07) is 9.21. The molecule has 1 amide bonds. The van der Waals surface area contributed by atoms with Crippen LogP contribution in [0.2, 0.25) is 5.02 Å². The Labute approximate surface area is 148 Å². The Morgan fingerprint density at radius 1 is 1.42 bits per heavy atom. The first kappa shape index (κ1) is 16.6. The van der Waals surface area contributed by atoms with Crippen LogP contribution in [-0.4, -0.2) is 26.4 Å². The molecular weight excluding hydrogens is 348 g/mol. The Morgan fingerprint density at radius 3 is 3.04 bits per heavy atom. The number of aryl methyl sites for hydroxylation is 1. The number of hydrogen-bond acceptors (Lipinski definition) is 5. The molecule has 2 aromatic heterocycles. The maximum atomic E-state index is 11.9. The zero-order valence-corrected chi connectivity index (χ0v) is 14.5. The van der Waals surface area contributed by atoms with E-state index in [2.05, 4.69) is 15.5 Å². The van der Waals surface area contributed by atoms with E-state index in [-0.39, 0.29) is 5.91 Å². The fourth-order valence-electron chi connectivity index (χ4n) is 2.08. The van der Waals surface area contributed by atoms with Gasteiger partial charge >= 0.3 is 0 Å². The first-order chi connectivity index (χ1) is 11.6. The lowest BCUT2D eigenvalue weighted by molar-refractivity contribution is -0.115. The quantitative estimate of drug-likeness (QED) is 0.672. The molecule has 0 bridgehead atoms. The van der Waals surface area contributed by atoms with Gasteiger partial charge in [0.2, 0.25) is 5.91 Å². The van der Waals surface area contributed by atoms with Crippen molar-refractivity contribution in [2.75, 3.05) is 11.1 Å². The van der Waals surface area contributed by atoms with Crippen molar-refractivity contribution in [2.24, 2.45) is 0 Å². The first-order valence-corrected chi connectivity index (χ1v) is 8.63. The molecule has 0 aliphatic rings. The third-order valence-corrected chi connectivity index (χ3v) is 4.35. The minimum absolute atomic E-state index is 0.114. The molecule has 0 atom stereocenters. The number of amides is 1. The van der Waals surface area contributed by atoms with Crippen molar-refractivity contribution in [3.8, 4) is 5.69 Å². The summed E-state index contributed by atoms with van der Waals surface area (Å²) in [4.78, 5) is 16.2. The van der Waals surface area contributed by atoms with Crippen molar-refractivity contribution >= 4 is 35.1 Å². The van der Waals surface area contributed by atoms with Gasteiger partial charge in [0.15, 0.2) is 11.0 Å². The van der Waals surface area contributed by atoms with Gasteiger partial charge in [-0.3, -0.25) is 9.36 Å². The number of carbonyl (C=O) groups excluding carboxylic acids is 1. The molecule has 1 N–H and O–H groups in total. The Morgan fingerprint density at radius 2 is 2.29 bits per heavy atom. The van der Waals surface area contributed by atoms with E-state index in [1.165, 1.54) is 11.8 Å². The van der Waals surface area contributed by atoms with Crippen molar-refractivity contribution in [1.82, 2.24) is 14.7 Å². The molecule has 0 radical (unpaired) electrons. The first-order valence-electron chi connectivity index (χ1n) is 7.27. The van der Waals surface area contributed by atoms with Gasteiger partial charge in [-0.2, -0.15) is 0 Å². The largest absolute Gasteiger partial charge is 0.360 e. The van der Waals surface area contributed by atoms with Gasteiger partial charge in [0, 0.05) is 41.3 Å². The van der Waals surface area contributed by atoms with Crippen LogP contribution < -0.4 is 5.32 Å². The van der Waals surface area contributed by atoms with Crippen molar-refractivity contribution in [2.45, 2.75) is 18.5 Å². The van der Waals surface area contributed by atoms with E-state index < -0.39 is 0 Å². The summed E-state index contributed by atoms with van der Waals surface area (Å²) in [5.74, 6) is 1.57. The number of benzene rings is 1. The third-order valence-electron chi connectivity index (χ3n) is 3.15. The number of aromatic nitrogens is 3. The minimum atomic E-state index is -0.114. The van der Waals surface area contributed by atoms with E-state index in [9.17, 15) is 4.79 Å². The van der Waals surface area contributed by atoms with Crippen LogP contribution in [-0.2, 0) is 4.79 Å². The minimum Gasteiger partial charge on any atom is -0.360 e. The van der Waals surface area contributed by atoms with Crippen molar-refractivity contribution < 1.29 is 9.32 Å². The number of nitrogens with one attached hydrogen (secondary N) is 1. The number of carbonyl (C=O) groups is 1. The van der Waals surface area contributed by atoms with Crippen molar-refractivity contribution in [3.63, 3.8) is 0 Å². The predicted octanol–water partition coefficient (Wildman–Crippen LogP) is 3.94. The highest BCUT2D eigenvalue weighted by atomic mass is 35.5. The normalized spacial score (nSPS) is 10.8. The lowest BCUT2D eigenvalue weighted by Crippen LogP contribution is -2.12. The molecule has 0 saturated heterocycles. The standard InChI is InChI=1S/C16H15ClN4O2S/c1-11-9-14(20-23-11)19-15(22)5-8-24-16-18-6-7-21(16)13-4-2-3-12(17)10-13/h2-4,6-7,9-10H,5,8H2,1H3,(H,19,20,22). The molecule has 3 aromatic rings. The van der Waals surface area contributed by atoms with Crippen LogP contribution in [0.15, 0.2) is 52.4 Å². The van der Waals surface area contributed by atoms with Gasteiger partial charge in [-0.05, 0) is 25.1 Å². The van der Waals surface area contributed by atoms with Gasteiger partial charge in [-0.1, -0.05) is 34.6 Å². The average molecular weight is 363 g/mol. The van der Waals surface area contributed by atoms with Crippen LogP contribution in [0, 0.1) is 6.92 Å². The van der Waals surface area contributed by atoms with E-state index in [1.807, 2.05) is 35.0 Å². The van der Waals surface area contributed by atoms with Crippen LogP contribution in [0.25, 0.3) is 5.69 Å². The van der Waals surface area contributed by atoms with Crippen LogP contribution in [0.3, 0.4) is 0 Å². The maximum Gasteiger partial charge on any atom is 0.226 e. The summed E-state index contributed by atoms with van der Waals surface area (Å²) < 4.78 is 6.85. The van der Waals surface area contributed by atoms with Gasteiger partial charge in [0.25, 0.3) is 0 Å². The van der Waals surface area contributed by atoms with Gasteiger partial charge in [-0.25, -0.2) is 4.98 Å². The van der Waals surface area contributed by atoms with Crippen LogP contribution in [0.5, 0.6) is 0 Å². The number of imidazole rings is 1. The second kappa shape index (κ2) is 7.55. The average Bonchev–Trinajstić information content (AvgIpc) is 3.16. The zero-order valence-electron chi connectivity index (χ0n) is 12.9. The number of halogens is 1. The summed E-state index contributed by atoms with van der Waals surface area (Å²) in [5.41, 5.74) is 0.935. The Balaban J connectivity index is 1.56. The van der Waals surface area contributed by atoms with E-state index in [0.29, 0.717) is 28.8 Å². The number of hydrogen-bond donors (Lipinski definition) is 1. The molecule has 124 valence electrons. The molecule has 0 saturated carbocycles. The molecule has 3 rings (SSSR count). The Hall–Kier alpha value is -2.25. The maximum absolute atomic E-state index is 11.9.